The first-order valence-corrected chi connectivity index (χ1v) is 11.2. The maximum absolute atomic E-state index is 14.1. The summed E-state index contributed by atoms with van der Waals surface area (Å²) < 4.78 is 33.5. The molecule has 2 heterocycles. The number of nitrogen functional groups attached to an aromatic ring is 1. The number of pyridine rings is 1. The maximum Gasteiger partial charge on any atom is 0.254 e. The third kappa shape index (κ3) is 4.83. The van der Waals surface area contributed by atoms with Gasteiger partial charge >= 0.3 is 0 Å². The largest absolute Gasteiger partial charge is 0.485 e. The van der Waals surface area contributed by atoms with Crippen molar-refractivity contribution < 1.29 is 18.3 Å². The van der Waals surface area contributed by atoms with Gasteiger partial charge in [-0.1, -0.05) is 29.8 Å². The highest BCUT2D eigenvalue weighted by Crippen LogP contribution is 2.32. The first kappa shape index (κ1) is 23.9. The van der Waals surface area contributed by atoms with E-state index in [2.05, 4.69) is 9.88 Å². The van der Waals surface area contributed by atoms with Crippen LogP contribution in [0.1, 0.15) is 22.3 Å². The molecule has 0 radical (unpaired) electrons. The molecule has 0 unspecified atom stereocenters. The zero-order chi connectivity index (χ0) is 24.4. The highest BCUT2D eigenvalue weighted by Gasteiger charge is 2.29. The summed E-state index contributed by atoms with van der Waals surface area (Å²) in [6.07, 6.45) is 2.47. The number of hydrogen-bond acceptors (Lipinski definition) is 5. The molecule has 1 amide bonds. The van der Waals surface area contributed by atoms with Crippen molar-refractivity contribution >= 4 is 23.3 Å². The van der Waals surface area contributed by atoms with E-state index in [4.69, 9.17) is 22.1 Å². The van der Waals surface area contributed by atoms with Gasteiger partial charge in [-0.25, -0.2) is 13.8 Å². The fourth-order valence-corrected chi connectivity index (χ4v) is 4.22. The van der Waals surface area contributed by atoms with E-state index in [-0.39, 0.29) is 34.7 Å². The number of likely N-dealkylation sites (tertiary alicyclic amines) is 1. The first-order chi connectivity index (χ1) is 16.3. The zero-order valence-electron chi connectivity index (χ0n) is 18.9. The molecular formula is C25H25ClF2N4O2. The van der Waals surface area contributed by atoms with Crippen molar-refractivity contribution in [2.24, 2.45) is 0 Å². The van der Waals surface area contributed by atoms with Crippen molar-refractivity contribution in [1.82, 2.24) is 14.8 Å². The smallest absolute Gasteiger partial charge is 0.254 e. The van der Waals surface area contributed by atoms with Crippen molar-refractivity contribution in [1.29, 1.82) is 0 Å². The molecule has 0 aliphatic carbocycles. The van der Waals surface area contributed by atoms with Crippen LogP contribution >= 0.6 is 11.6 Å². The second-order valence-electron chi connectivity index (χ2n) is 8.42. The SMILES string of the molecule is CN(C)[C@H]1CCN(C(=O)c2ccccc2-c2cnc(N)c(OCc3c(F)ccc(F)c3Cl)c2)C1. The second kappa shape index (κ2) is 9.95. The summed E-state index contributed by atoms with van der Waals surface area (Å²) in [5.41, 5.74) is 7.67. The van der Waals surface area contributed by atoms with Gasteiger partial charge in [-0.3, -0.25) is 4.79 Å². The number of amides is 1. The molecule has 3 aromatic rings. The Morgan fingerprint density at radius 1 is 1.24 bits per heavy atom. The number of aromatic nitrogens is 1. The summed E-state index contributed by atoms with van der Waals surface area (Å²) in [7, 11) is 4.02. The van der Waals surface area contributed by atoms with Crippen LogP contribution in [0.3, 0.4) is 0 Å². The van der Waals surface area contributed by atoms with Gasteiger partial charge in [-0.05, 0) is 50.3 Å². The molecule has 34 heavy (non-hydrogen) atoms. The van der Waals surface area contributed by atoms with Crippen LogP contribution in [0.4, 0.5) is 14.6 Å². The third-order valence-electron chi connectivity index (χ3n) is 6.04. The summed E-state index contributed by atoms with van der Waals surface area (Å²) >= 11 is 5.89. The van der Waals surface area contributed by atoms with Crippen LogP contribution < -0.4 is 10.5 Å². The van der Waals surface area contributed by atoms with Crippen LogP contribution in [0, 0.1) is 11.6 Å². The van der Waals surface area contributed by atoms with Crippen LogP contribution in [0.2, 0.25) is 5.02 Å². The Morgan fingerprint density at radius 2 is 1.97 bits per heavy atom. The minimum absolute atomic E-state index is 0.0622. The van der Waals surface area contributed by atoms with Crippen LogP contribution in [0.15, 0.2) is 48.7 Å². The number of nitrogens with two attached hydrogens (primary N) is 1. The van der Waals surface area contributed by atoms with Crippen molar-refractivity contribution in [3.63, 3.8) is 0 Å². The average molecular weight is 487 g/mol. The molecule has 178 valence electrons. The second-order valence-corrected chi connectivity index (χ2v) is 8.80. The van der Waals surface area contributed by atoms with Crippen LogP contribution in [0.5, 0.6) is 5.75 Å². The maximum atomic E-state index is 14.1. The van der Waals surface area contributed by atoms with Gasteiger partial charge in [-0.2, -0.15) is 0 Å². The summed E-state index contributed by atoms with van der Waals surface area (Å²) in [6.45, 7) is 1.01. The van der Waals surface area contributed by atoms with Crippen molar-refractivity contribution in [2.45, 2.75) is 19.1 Å². The Labute approximate surface area is 201 Å². The number of likely N-dealkylation sites (N-methyl/N-ethyl adjacent to an activating group) is 1. The van der Waals surface area contributed by atoms with Gasteiger partial charge in [0.1, 0.15) is 18.2 Å². The lowest BCUT2D eigenvalue weighted by molar-refractivity contribution is 0.0784. The van der Waals surface area contributed by atoms with Gasteiger partial charge in [0.25, 0.3) is 5.91 Å². The van der Waals surface area contributed by atoms with E-state index >= 15 is 0 Å². The number of halogens is 3. The molecule has 0 saturated carbocycles. The molecule has 1 aromatic heterocycles. The van der Waals surface area contributed by atoms with E-state index < -0.39 is 11.6 Å². The topological polar surface area (TPSA) is 71.7 Å². The molecule has 1 atom stereocenters. The van der Waals surface area contributed by atoms with Gasteiger partial charge in [0.2, 0.25) is 0 Å². The van der Waals surface area contributed by atoms with E-state index in [0.29, 0.717) is 35.8 Å². The van der Waals surface area contributed by atoms with Crippen molar-refractivity contribution in [2.75, 3.05) is 32.9 Å². The molecule has 9 heteroatoms. The molecule has 1 aliphatic heterocycles. The molecule has 2 N–H and O–H groups in total. The van der Waals surface area contributed by atoms with Crippen LogP contribution in [0.25, 0.3) is 11.1 Å². The number of nitrogens with zero attached hydrogens (tertiary/aromatic N) is 3. The minimum atomic E-state index is -0.743. The van der Waals surface area contributed by atoms with Crippen molar-refractivity contribution in [3.05, 3.63) is 76.4 Å². The van der Waals surface area contributed by atoms with E-state index in [9.17, 15) is 13.6 Å². The first-order valence-electron chi connectivity index (χ1n) is 10.8. The molecular weight excluding hydrogens is 462 g/mol. The zero-order valence-corrected chi connectivity index (χ0v) is 19.6. The van der Waals surface area contributed by atoms with E-state index in [0.717, 1.165) is 18.6 Å². The third-order valence-corrected chi connectivity index (χ3v) is 6.45. The number of ether oxygens (including phenoxy) is 1. The lowest BCUT2D eigenvalue weighted by Gasteiger charge is -2.21. The molecule has 0 spiro atoms. The van der Waals surface area contributed by atoms with Crippen LogP contribution in [-0.2, 0) is 6.61 Å². The summed E-state index contributed by atoms with van der Waals surface area (Å²) in [4.78, 5) is 21.5. The fraction of sp³-hybridized carbons (Fsp3) is 0.280. The van der Waals surface area contributed by atoms with E-state index in [1.165, 1.54) is 0 Å². The normalized spacial score (nSPS) is 15.7. The lowest BCUT2D eigenvalue weighted by Crippen LogP contribution is -2.34. The predicted molar refractivity (Wildman–Crippen MR) is 128 cm³/mol. The van der Waals surface area contributed by atoms with Gasteiger partial charge in [0.05, 0.1) is 5.02 Å². The molecule has 0 bridgehead atoms. The fourth-order valence-electron chi connectivity index (χ4n) is 4.01. The lowest BCUT2D eigenvalue weighted by atomic mass is 10.00. The average Bonchev–Trinajstić information content (AvgIpc) is 3.33. The highest BCUT2D eigenvalue weighted by atomic mass is 35.5. The Hall–Kier alpha value is -3.23. The van der Waals surface area contributed by atoms with E-state index in [1.807, 2.05) is 37.2 Å². The van der Waals surface area contributed by atoms with Gasteiger partial charge in [-0.15, -0.1) is 0 Å². The standard InChI is InChI=1S/C25H25ClF2N4O2/c1-31(2)16-9-10-32(13-16)25(33)18-6-4-3-5-17(18)15-11-22(24(29)30-12-15)34-14-19-20(27)7-8-21(28)23(19)26/h3-8,11-12,16H,9-10,13-14H2,1-2H3,(H2,29,30)/t16-/m0/s1. The van der Waals surface area contributed by atoms with Gasteiger partial charge in [0, 0.05) is 42.0 Å². The summed E-state index contributed by atoms with van der Waals surface area (Å²) in [5, 5.41) is -0.347. The number of hydrogen-bond donors (Lipinski definition) is 1. The number of carbonyl (C=O) groups excluding carboxylic acids is 1. The number of benzene rings is 2. The molecule has 6 nitrogen and oxygen atoms in total. The summed E-state index contributed by atoms with van der Waals surface area (Å²) in [6, 6.07) is 11.1. The number of carbonyl (C=O) groups is 1. The Balaban J connectivity index is 1.60. The highest BCUT2D eigenvalue weighted by molar-refractivity contribution is 6.31. The molecule has 1 saturated heterocycles. The van der Waals surface area contributed by atoms with Crippen molar-refractivity contribution in [3.8, 4) is 16.9 Å². The quantitative estimate of drug-likeness (QED) is 0.515. The Kier molecular flexibility index (Phi) is 7.00. The summed E-state index contributed by atoms with van der Waals surface area (Å²) in [5.74, 6) is -1.24. The molecule has 4 rings (SSSR count). The molecule has 1 aliphatic rings. The predicted octanol–water partition coefficient (Wildman–Crippen LogP) is 4.62. The Bertz CT molecular complexity index is 1220. The minimum Gasteiger partial charge on any atom is -0.485 e. The van der Waals surface area contributed by atoms with E-state index in [1.54, 1.807) is 18.3 Å². The number of rotatable bonds is 6. The monoisotopic (exact) mass is 486 g/mol. The molecule has 2 aromatic carbocycles. The van der Waals surface area contributed by atoms with Crippen LogP contribution in [-0.4, -0.2) is 53.9 Å². The molecule has 1 fully saturated rings. The Morgan fingerprint density at radius 3 is 2.71 bits per heavy atom. The van der Waals surface area contributed by atoms with Gasteiger partial charge in [0.15, 0.2) is 11.6 Å². The van der Waals surface area contributed by atoms with Gasteiger partial charge < -0.3 is 20.3 Å². The number of anilines is 1.